The minimum Gasteiger partial charge on any atom is -0.341 e. The van der Waals surface area contributed by atoms with E-state index >= 15 is 0 Å². The molecule has 122 valence electrons. The van der Waals surface area contributed by atoms with Gasteiger partial charge in [-0.1, -0.05) is 0 Å². The normalized spacial score (nSPS) is 24.8. The molecule has 0 N–H and O–H groups in total. The molecule has 2 saturated heterocycles. The van der Waals surface area contributed by atoms with E-state index in [1.807, 2.05) is 19.4 Å². The van der Waals surface area contributed by atoms with Crippen LogP contribution in [0.3, 0.4) is 0 Å². The minimum atomic E-state index is -2.83. The van der Waals surface area contributed by atoms with Gasteiger partial charge in [0.05, 0.1) is 11.5 Å². The van der Waals surface area contributed by atoms with Gasteiger partial charge in [0.1, 0.15) is 0 Å². The molecule has 0 amide bonds. The molecule has 2 aliphatic heterocycles. The molecule has 0 bridgehead atoms. The highest BCUT2D eigenvalue weighted by atomic mass is 32.2. The summed E-state index contributed by atoms with van der Waals surface area (Å²) in [6, 6.07) is 0.117. The van der Waals surface area contributed by atoms with Crippen LogP contribution in [-0.2, 0) is 16.4 Å². The Balaban J connectivity index is 1.58. The molecule has 1 aromatic rings. The zero-order valence-corrected chi connectivity index (χ0v) is 13.9. The van der Waals surface area contributed by atoms with Gasteiger partial charge in [0.25, 0.3) is 0 Å². The zero-order valence-electron chi connectivity index (χ0n) is 13.1. The number of nitrogens with zero attached hydrogens (tertiary/aromatic N) is 4. The van der Waals surface area contributed by atoms with Gasteiger partial charge in [0.2, 0.25) is 5.95 Å². The first-order chi connectivity index (χ1) is 10.5. The van der Waals surface area contributed by atoms with Crippen LogP contribution in [0, 0.1) is 0 Å². The second kappa shape index (κ2) is 6.50. The monoisotopic (exact) mass is 324 g/mol. The Morgan fingerprint density at radius 3 is 2.50 bits per heavy atom. The van der Waals surface area contributed by atoms with Gasteiger partial charge in [-0.25, -0.2) is 18.4 Å². The average Bonchev–Trinajstić information content (AvgIpc) is 2.89. The predicted octanol–water partition coefficient (Wildman–Crippen LogP) is 1.09. The van der Waals surface area contributed by atoms with Gasteiger partial charge in [-0.15, -0.1) is 0 Å². The van der Waals surface area contributed by atoms with Crippen LogP contribution in [0.15, 0.2) is 12.4 Å². The van der Waals surface area contributed by atoms with E-state index < -0.39 is 9.84 Å². The summed E-state index contributed by atoms with van der Waals surface area (Å²) in [6.07, 6.45) is 8.19. The molecule has 7 heteroatoms. The Labute approximate surface area is 132 Å². The van der Waals surface area contributed by atoms with Crippen molar-refractivity contribution in [1.29, 1.82) is 0 Å². The van der Waals surface area contributed by atoms with Crippen LogP contribution in [0.2, 0.25) is 0 Å². The summed E-state index contributed by atoms with van der Waals surface area (Å²) in [5.41, 5.74) is 1.03. The van der Waals surface area contributed by atoms with E-state index in [1.54, 1.807) is 0 Å². The number of rotatable bonds is 4. The van der Waals surface area contributed by atoms with Gasteiger partial charge < -0.3 is 4.90 Å². The SMILES string of the molecule is CN(Cc1cnc(N2CCCCC2)nc1)C1CCS(=O)(=O)C1. The van der Waals surface area contributed by atoms with Crippen molar-refractivity contribution in [2.45, 2.75) is 38.3 Å². The van der Waals surface area contributed by atoms with Crippen LogP contribution in [0.5, 0.6) is 0 Å². The van der Waals surface area contributed by atoms with Crippen LogP contribution < -0.4 is 4.90 Å². The predicted molar refractivity (Wildman–Crippen MR) is 86.6 cm³/mol. The lowest BCUT2D eigenvalue weighted by molar-refractivity contribution is 0.253. The van der Waals surface area contributed by atoms with Gasteiger partial charge in [-0.2, -0.15) is 0 Å². The summed E-state index contributed by atoms with van der Waals surface area (Å²) in [4.78, 5) is 13.3. The Morgan fingerprint density at radius 1 is 1.23 bits per heavy atom. The van der Waals surface area contributed by atoms with Crippen molar-refractivity contribution in [3.05, 3.63) is 18.0 Å². The van der Waals surface area contributed by atoms with Crippen LogP contribution in [0.1, 0.15) is 31.2 Å². The number of piperidine rings is 1. The van der Waals surface area contributed by atoms with Crippen molar-refractivity contribution < 1.29 is 8.42 Å². The molecule has 0 aliphatic carbocycles. The fourth-order valence-corrected chi connectivity index (χ4v) is 5.03. The first-order valence-electron chi connectivity index (χ1n) is 8.00. The lowest BCUT2D eigenvalue weighted by atomic mass is 10.1. The quantitative estimate of drug-likeness (QED) is 0.826. The Bertz CT molecular complexity index is 596. The lowest BCUT2D eigenvalue weighted by Crippen LogP contribution is -2.32. The van der Waals surface area contributed by atoms with E-state index in [0.29, 0.717) is 12.3 Å². The van der Waals surface area contributed by atoms with Crippen molar-refractivity contribution in [3.63, 3.8) is 0 Å². The molecule has 2 fully saturated rings. The summed E-state index contributed by atoms with van der Waals surface area (Å²) < 4.78 is 23.1. The van der Waals surface area contributed by atoms with Gasteiger partial charge in [-0.3, -0.25) is 4.90 Å². The van der Waals surface area contributed by atoms with E-state index in [4.69, 9.17) is 0 Å². The van der Waals surface area contributed by atoms with Crippen molar-refractivity contribution in [2.75, 3.05) is 36.5 Å². The molecule has 0 saturated carbocycles. The molecule has 1 aromatic heterocycles. The smallest absolute Gasteiger partial charge is 0.225 e. The first-order valence-corrected chi connectivity index (χ1v) is 9.82. The second-order valence-corrected chi connectivity index (χ2v) is 8.64. The number of anilines is 1. The molecule has 3 rings (SSSR count). The van der Waals surface area contributed by atoms with Crippen molar-refractivity contribution >= 4 is 15.8 Å². The Morgan fingerprint density at radius 2 is 1.91 bits per heavy atom. The van der Waals surface area contributed by atoms with Crippen molar-refractivity contribution in [2.24, 2.45) is 0 Å². The molecule has 1 atom stereocenters. The molecular weight excluding hydrogens is 300 g/mol. The summed E-state index contributed by atoms with van der Waals surface area (Å²) in [6.45, 7) is 2.78. The fraction of sp³-hybridized carbons (Fsp3) is 0.733. The van der Waals surface area contributed by atoms with Crippen LogP contribution >= 0.6 is 0 Å². The van der Waals surface area contributed by atoms with Crippen LogP contribution in [-0.4, -0.2) is 61.0 Å². The molecule has 0 aromatic carbocycles. The van der Waals surface area contributed by atoms with E-state index in [1.165, 1.54) is 19.3 Å². The highest BCUT2D eigenvalue weighted by Gasteiger charge is 2.30. The lowest BCUT2D eigenvalue weighted by Gasteiger charge is -2.27. The minimum absolute atomic E-state index is 0.117. The third kappa shape index (κ3) is 3.76. The molecule has 0 radical (unpaired) electrons. The number of hydrogen-bond donors (Lipinski definition) is 0. The van der Waals surface area contributed by atoms with Crippen LogP contribution in [0.4, 0.5) is 5.95 Å². The molecule has 2 aliphatic rings. The van der Waals surface area contributed by atoms with Crippen LogP contribution in [0.25, 0.3) is 0 Å². The molecular formula is C15H24N4O2S. The summed E-state index contributed by atoms with van der Waals surface area (Å²) in [7, 11) is -0.857. The van der Waals surface area contributed by atoms with E-state index in [0.717, 1.165) is 31.0 Å². The largest absolute Gasteiger partial charge is 0.341 e. The first kappa shape index (κ1) is 15.7. The topological polar surface area (TPSA) is 66.4 Å². The standard InChI is InChI=1S/C15H24N4O2S/c1-18(14-5-8-22(20,21)12-14)11-13-9-16-15(17-10-13)19-6-3-2-4-7-19/h9-10,14H,2-8,11-12H2,1H3. The maximum absolute atomic E-state index is 11.6. The van der Waals surface area contributed by atoms with E-state index in [2.05, 4.69) is 19.8 Å². The molecule has 0 spiro atoms. The number of sulfone groups is 1. The maximum Gasteiger partial charge on any atom is 0.225 e. The number of aromatic nitrogens is 2. The van der Waals surface area contributed by atoms with E-state index in [9.17, 15) is 8.42 Å². The van der Waals surface area contributed by atoms with Gasteiger partial charge in [0, 0.05) is 43.6 Å². The third-order valence-corrected chi connectivity index (χ3v) is 6.34. The Hall–Kier alpha value is -1.21. The zero-order chi connectivity index (χ0) is 15.6. The second-order valence-electron chi connectivity index (χ2n) is 6.41. The van der Waals surface area contributed by atoms with Gasteiger partial charge in [-0.05, 0) is 32.7 Å². The Kier molecular flexibility index (Phi) is 4.63. The number of hydrogen-bond acceptors (Lipinski definition) is 6. The highest BCUT2D eigenvalue weighted by Crippen LogP contribution is 2.19. The molecule has 1 unspecified atom stereocenters. The van der Waals surface area contributed by atoms with Crippen molar-refractivity contribution in [1.82, 2.24) is 14.9 Å². The van der Waals surface area contributed by atoms with Crippen molar-refractivity contribution in [3.8, 4) is 0 Å². The van der Waals surface area contributed by atoms with E-state index in [-0.39, 0.29) is 11.8 Å². The maximum atomic E-state index is 11.6. The fourth-order valence-electron chi connectivity index (χ4n) is 3.23. The van der Waals surface area contributed by atoms with Gasteiger partial charge in [0.15, 0.2) is 9.84 Å². The average molecular weight is 324 g/mol. The summed E-state index contributed by atoms with van der Waals surface area (Å²) >= 11 is 0. The highest BCUT2D eigenvalue weighted by molar-refractivity contribution is 7.91. The molecule has 6 nitrogen and oxygen atoms in total. The summed E-state index contributed by atoms with van der Waals surface area (Å²) in [5, 5.41) is 0. The van der Waals surface area contributed by atoms with Gasteiger partial charge >= 0.3 is 0 Å². The third-order valence-electron chi connectivity index (χ3n) is 4.59. The summed E-state index contributed by atoms with van der Waals surface area (Å²) in [5.74, 6) is 1.40. The molecule has 22 heavy (non-hydrogen) atoms. The molecule has 3 heterocycles.